The van der Waals surface area contributed by atoms with Crippen molar-refractivity contribution < 1.29 is 4.74 Å². The summed E-state index contributed by atoms with van der Waals surface area (Å²) in [6.45, 7) is 8.79. The van der Waals surface area contributed by atoms with Gasteiger partial charge in [0.2, 0.25) is 0 Å². The molecule has 22 heavy (non-hydrogen) atoms. The third-order valence-corrected chi connectivity index (χ3v) is 3.88. The van der Waals surface area contributed by atoms with Gasteiger partial charge in [0.05, 0.1) is 12.8 Å². The maximum Gasteiger partial charge on any atom is 0.193 e. The van der Waals surface area contributed by atoms with Crippen molar-refractivity contribution in [2.24, 2.45) is 22.6 Å². The van der Waals surface area contributed by atoms with E-state index in [1.54, 1.807) is 7.11 Å². The molecule has 5 nitrogen and oxygen atoms in total. The van der Waals surface area contributed by atoms with Crippen LogP contribution in [0.15, 0.2) is 29.3 Å². The molecular weight excluding hydrogens is 276 g/mol. The quantitative estimate of drug-likeness (QED) is 0.626. The summed E-state index contributed by atoms with van der Waals surface area (Å²) >= 11 is 0. The predicted octanol–water partition coefficient (Wildman–Crippen LogP) is 2.40. The van der Waals surface area contributed by atoms with Gasteiger partial charge < -0.3 is 20.7 Å². The molecule has 0 aliphatic carbocycles. The first-order valence-corrected chi connectivity index (χ1v) is 8.00. The summed E-state index contributed by atoms with van der Waals surface area (Å²) in [6.07, 6.45) is 1.21. The fourth-order valence-electron chi connectivity index (χ4n) is 2.90. The number of methoxy groups -OCH3 is 1. The lowest BCUT2D eigenvalue weighted by Crippen LogP contribution is -2.27. The van der Waals surface area contributed by atoms with Crippen molar-refractivity contribution in [3.63, 3.8) is 0 Å². The van der Waals surface area contributed by atoms with Crippen molar-refractivity contribution in [2.75, 3.05) is 38.6 Å². The average molecular weight is 304 g/mol. The van der Waals surface area contributed by atoms with Gasteiger partial charge in [0.1, 0.15) is 5.75 Å². The number of para-hydroxylation sites is 2. The van der Waals surface area contributed by atoms with Gasteiger partial charge in [-0.15, -0.1) is 0 Å². The summed E-state index contributed by atoms with van der Waals surface area (Å²) in [5.41, 5.74) is 6.84. The molecule has 1 aliphatic rings. The van der Waals surface area contributed by atoms with Gasteiger partial charge in [0, 0.05) is 19.6 Å². The van der Waals surface area contributed by atoms with Crippen LogP contribution in [0.5, 0.6) is 5.75 Å². The number of nitrogens with two attached hydrogens (primary N) is 1. The molecule has 1 fully saturated rings. The lowest BCUT2D eigenvalue weighted by atomic mass is 10.1. The second kappa shape index (κ2) is 8.03. The van der Waals surface area contributed by atoms with Crippen LogP contribution in [-0.2, 0) is 0 Å². The zero-order valence-electron chi connectivity index (χ0n) is 13.9. The van der Waals surface area contributed by atoms with Crippen LogP contribution < -0.4 is 15.8 Å². The Labute approximate surface area is 133 Å². The van der Waals surface area contributed by atoms with E-state index in [0.717, 1.165) is 30.4 Å². The molecule has 1 heterocycles. The van der Waals surface area contributed by atoms with Gasteiger partial charge in [-0.25, -0.2) is 0 Å². The second-order valence-corrected chi connectivity index (χ2v) is 6.36. The molecule has 1 aromatic carbocycles. The SMILES string of the molecule is COc1ccccc1NC(N)=NCC1CCN(CC(C)C)C1. The summed E-state index contributed by atoms with van der Waals surface area (Å²) in [6, 6.07) is 7.70. The fourth-order valence-corrected chi connectivity index (χ4v) is 2.90. The molecule has 1 atom stereocenters. The summed E-state index contributed by atoms with van der Waals surface area (Å²) in [5.74, 6) is 2.55. The number of likely N-dealkylation sites (tertiary alicyclic amines) is 1. The van der Waals surface area contributed by atoms with E-state index < -0.39 is 0 Å². The Morgan fingerprint density at radius 1 is 1.45 bits per heavy atom. The average Bonchev–Trinajstić information content (AvgIpc) is 2.92. The molecule has 1 aromatic rings. The smallest absolute Gasteiger partial charge is 0.193 e. The van der Waals surface area contributed by atoms with Gasteiger partial charge in [-0.2, -0.15) is 0 Å². The minimum Gasteiger partial charge on any atom is -0.495 e. The van der Waals surface area contributed by atoms with Gasteiger partial charge in [-0.3, -0.25) is 4.99 Å². The van der Waals surface area contributed by atoms with Gasteiger partial charge in [0.15, 0.2) is 5.96 Å². The minimum atomic E-state index is 0.451. The summed E-state index contributed by atoms with van der Waals surface area (Å²) in [4.78, 5) is 7.01. The van der Waals surface area contributed by atoms with Crippen molar-refractivity contribution >= 4 is 11.6 Å². The first-order valence-electron chi connectivity index (χ1n) is 8.00. The molecule has 3 N–H and O–H groups in total. The first kappa shape index (κ1) is 16.6. The van der Waals surface area contributed by atoms with E-state index in [1.807, 2.05) is 24.3 Å². The molecule has 0 amide bonds. The normalized spacial score (nSPS) is 19.6. The second-order valence-electron chi connectivity index (χ2n) is 6.36. The third kappa shape index (κ3) is 4.91. The molecule has 5 heteroatoms. The molecule has 0 saturated carbocycles. The van der Waals surface area contributed by atoms with Crippen LogP contribution in [-0.4, -0.2) is 44.1 Å². The van der Waals surface area contributed by atoms with Crippen molar-refractivity contribution in [2.45, 2.75) is 20.3 Å². The molecule has 122 valence electrons. The molecule has 0 bridgehead atoms. The molecule has 0 aromatic heterocycles. The van der Waals surface area contributed by atoms with Crippen LogP contribution in [0.1, 0.15) is 20.3 Å². The maximum absolute atomic E-state index is 5.99. The Morgan fingerprint density at radius 3 is 2.95 bits per heavy atom. The van der Waals surface area contributed by atoms with E-state index in [4.69, 9.17) is 10.5 Å². The lowest BCUT2D eigenvalue weighted by molar-refractivity contribution is 0.288. The van der Waals surface area contributed by atoms with Crippen molar-refractivity contribution in [3.05, 3.63) is 24.3 Å². The largest absolute Gasteiger partial charge is 0.495 e. The number of guanidine groups is 1. The Bertz CT molecular complexity index is 501. The van der Waals surface area contributed by atoms with Crippen LogP contribution in [0, 0.1) is 11.8 Å². The van der Waals surface area contributed by atoms with Crippen LogP contribution >= 0.6 is 0 Å². The number of benzene rings is 1. The minimum absolute atomic E-state index is 0.451. The lowest BCUT2D eigenvalue weighted by Gasteiger charge is -2.17. The van der Waals surface area contributed by atoms with Crippen molar-refractivity contribution in [1.82, 2.24) is 4.90 Å². The highest BCUT2D eigenvalue weighted by Gasteiger charge is 2.22. The zero-order chi connectivity index (χ0) is 15.9. The van der Waals surface area contributed by atoms with Crippen LogP contribution in [0.4, 0.5) is 5.69 Å². The molecule has 0 spiro atoms. The monoisotopic (exact) mass is 304 g/mol. The number of rotatable bonds is 6. The zero-order valence-corrected chi connectivity index (χ0v) is 13.9. The predicted molar refractivity (Wildman–Crippen MR) is 92.5 cm³/mol. The Morgan fingerprint density at radius 2 is 2.23 bits per heavy atom. The number of aliphatic imine (C=N–C) groups is 1. The summed E-state index contributed by atoms with van der Waals surface area (Å²) < 4.78 is 5.30. The number of anilines is 1. The van der Waals surface area contributed by atoms with Gasteiger partial charge in [-0.05, 0) is 36.9 Å². The van der Waals surface area contributed by atoms with Crippen LogP contribution in [0.3, 0.4) is 0 Å². The van der Waals surface area contributed by atoms with Gasteiger partial charge in [-0.1, -0.05) is 26.0 Å². The number of hydrogen-bond donors (Lipinski definition) is 2. The van der Waals surface area contributed by atoms with Crippen LogP contribution in [0.25, 0.3) is 0 Å². The number of hydrogen-bond acceptors (Lipinski definition) is 3. The van der Waals surface area contributed by atoms with E-state index in [2.05, 4.69) is 29.1 Å². The first-order chi connectivity index (χ1) is 10.6. The Balaban J connectivity index is 1.83. The van der Waals surface area contributed by atoms with Gasteiger partial charge in [0.25, 0.3) is 0 Å². The maximum atomic E-state index is 5.99. The highest BCUT2D eigenvalue weighted by atomic mass is 16.5. The number of nitrogens with one attached hydrogen (secondary N) is 1. The Kier molecular flexibility index (Phi) is 6.07. The van der Waals surface area contributed by atoms with Crippen molar-refractivity contribution in [3.8, 4) is 5.75 Å². The molecule has 0 radical (unpaired) electrons. The Hall–Kier alpha value is -1.75. The van der Waals surface area contributed by atoms with E-state index in [1.165, 1.54) is 19.5 Å². The molecular formula is C17H28N4O. The highest BCUT2D eigenvalue weighted by molar-refractivity contribution is 5.93. The highest BCUT2D eigenvalue weighted by Crippen LogP contribution is 2.23. The summed E-state index contributed by atoms with van der Waals surface area (Å²) in [5, 5.41) is 3.12. The van der Waals surface area contributed by atoms with E-state index in [-0.39, 0.29) is 0 Å². The van der Waals surface area contributed by atoms with Crippen molar-refractivity contribution in [1.29, 1.82) is 0 Å². The molecule has 1 saturated heterocycles. The molecule has 2 rings (SSSR count). The number of nitrogens with zero attached hydrogens (tertiary/aromatic N) is 2. The third-order valence-electron chi connectivity index (χ3n) is 3.88. The van der Waals surface area contributed by atoms with E-state index in [9.17, 15) is 0 Å². The fraction of sp³-hybridized carbons (Fsp3) is 0.588. The standard InChI is InChI=1S/C17H28N4O/c1-13(2)11-21-9-8-14(12-21)10-19-17(18)20-15-6-4-5-7-16(15)22-3/h4-7,13-14H,8-12H2,1-3H3,(H3,18,19,20). The number of ether oxygens (including phenoxy) is 1. The van der Waals surface area contributed by atoms with E-state index >= 15 is 0 Å². The van der Waals surface area contributed by atoms with E-state index in [0.29, 0.717) is 11.9 Å². The van der Waals surface area contributed by atoms with Gasteiger partial charge >= 0.3 is 0 Å². The topological polar surface area (TPSA) is 62.9 Å². The molecule has 1 aliphatic heterocycles. The molecule has 1 unspecified atom stereocenters. The summed E-state index contributed by atoms with van der Waals surface area (Å²) in [7, 11) is 1.65. The van der Waals surface area contributed by atoms with Crippen LogP contribution in [0.2, 0.25) is 0 Å².